The number of likely N-dealkylation sites (tertiary alicyclic amines) is 1. The van der Waals surface area contributed by atoms with Crippen LogP contribution in [0.3, 0.4) is 0 Å². The molecule has 172 valence electrons. The lowest BCUT2D eigenvalue weighted by Gasteiger charge is -2.35. The van der Waals surface area contributed by atoms with Crippen molar-refractivity contribution in [2.24, 2.45) is 5.92 Å². The van der Waals surface area contributed by atoms with E-state index >= 15 is 0 Å². The summed E-state index contributed by atoms with van der Waals surface area (Å²) in [6.07, 6.45) is 8.71. The van der Waals surface area contributed by atoms with Gasteiger partial charge in [0.1, 0.15) is 0 Å². The molecule has 2 aromatic carbocycles. The largest absolute Gasteiger partial charge is 0.487 e. The SMILES string of the molecule is O=[N+]([O-])c1ccccc1OCCCN1CCC(OC(c2ccccc2)C2CCCC2)CC1. The third kappa shape index (κ3) is 6.08. The van der Waals surface area contributed by atoms with Gasteiger partial charge >= 0.3 is 5.69 Å². The van der Waals surface area contributed by atoms with Crippen molar-refractivity contribution in [3.8, 4) is 5.75 Å². The number of ether oxygens (including phenoxy) is 2. The molecule has 6 nitrogen and oxygen atoms in total. The second kappa shape index (κ2) is 11.4. The molecule has 0 aromatic heterocycles. The number of para-hydroxylation sites is 2. The first-order valence-corrected chi connectivity index (χ1v) is 12.0. The molecular formula is C26H34N2O4. The van der Waals surface area contributed by atoms with Crippen LogP contribution in [-0.2, 0) is 4.74 Å². The third-order valence-electron chi connectivity index (χ3n) is 6.77. The Kier molecular flexibility index (Phi) is 8.13. The summed E-state index contributed by atoms with van der Waals surface area (Å²) in [7, 11) is 0. The predicted molar refractivity (Wildman–Crippen MR) is 125 cm³/mol. The highest BCUT2D eigenvalue weighted by atomic mass is 16.6. The Hall–Kier alpha value is -2.44. The van der Waals surface area contributed by atoms with Crippen molar-refractivity contribution in [3.05, 3.63) is 70.3 Å². The van der Waals surface area contributed by atoms with Crippen molar-refractivity contribution >= 4 is 5.69 Å². The molecule has 1 aliphatic heterocycles. The van der Waals surface area contributed by atoms with Crippen molar-refractivity contribution in [1.82, 2.24) is 4.90 Å². The smallest absolute Gasteiger partial charge is 0.310 e. The first kappa shape index (κ1) is 22.7. The van der Waals surface area contributed by atoms with Gasteiger partial charge in [-0.15, -0.1) is 0 Å². The fourth-order valence-electron chi connectivity index (χ4n) is 5.04. The molecule has 6 heteroatoms. The second-order valence-corrected chi connectivity index (χ2v) is 8.98. The third-order valence-corrected chi connectivity index (χ3v) is 6.77. The van der Waals surface area contributed by atoms with Gasteiger partial charge in [-0.1, -0.05) is 55.3 Å². The summed E-state index contributed by atoms with van der Waals surface area (Å²) in [6, 6.07) is 17.3. The molecular weight excluding hydrogens is 404 g/mol. The van der Waals surface area contributed by atoms with Gasteiger partial charge in [0.25, 0.3) is 0 Å². The molecule has 1 atom stereocenters. The van der Waals surface area contributed by atoms with Crippen molar-refractivity contribution < 1.29 is 14.4 Å². The van der Waals surface area contributed by atoms with Gasteiger partial charge in [0.15, 0.2) is 5.75 Å². The molecule has 0 bridgehead atoms. The maximum absolute atomic E-state index is 11.1. The first-order valence-electron chi connectivity index (χ1n) is 12.0. The zero-order chi connectivity index (χ0) is 22.2. The fraction of sp³-hybridized carbons (Fsp3) is 0.538. The van der Waals surface area contributed by atoms with Crippen molar-refractivity contribution in [2.45, 2.75) is 57.2 Å². The van der Waals surface area contributed by atoms with E-state index < -0.39 is 4.92 Å². The molecule has 1 unspecified atom stereocenters. The number of benzene rings is 2. The maximum Gasteiger partial charge on any atom is 0.310 e. The Balaban J connectivity index is 1.21. The van der Waals surface area contributed by atoms with Crippen LogP contribution in [0.25, 0.3) is 0 Å². The highest BCUT2D eigenvalue weighted by Gasteiger charge is 2.30. The Morgan fingerprint density at radius 1 is 0.969 bits per heavy atom. The first-order chi connectivity index (χ1) is 15.7. The molecule has 1 saturated heterocycles. The van der Waals surface area contributed by atoms with Crippen LogP contribution in [0.2, 0.25) is 0 Å². The number of nitro groups is 1. The summed E-state index contributed by atoms with van der Waals surface area (Å²) < 4.78 is 12.4. The van der Waals surface area contributed by atoms with Gasteiger partial charge in [-0.25, -0.2) is 0 Å². The summed E-state index contributed by atoms with van der Waals surface area (Å²) >= 11 is 0. The van der Waals surface area contributed by atoms with E-state index in [0.717, 1.165) is 38.9 Å². The molecule has 0 radical (unpaired) electrons. The summed E-state index contributed by atoms with van der Waals surface area (Å²) in [5, 5.41) is 11.1. The molecule has 0 N–H and O–H groups in total. The molecule has 4 rings (SSSR count). The van der Waals surface area contributed by atoms with Crippen molar-refractivity contribution in [1.29, 1.82) is 0 Å². The van der Waals surface area contributed by atoms with Crippen LogP contribution in [0.5, 0.6) is 5.75 Å². The van der Waals surface area contributed by atoms with Crippen LogP contribution in [-0.4, -0.2) is 42.2 Å². The van der Waals surface area contributed by atoms with E-state index in [1.807, 2.05) is 0 Å². The number of hydrogen-bond acceptors (Lipinski definition) is 5. The van der Waals surface area contributed by atoms with E-state index in [1.54, 1.807) is 18.2 Å². The quantitative estimate of drug-likeness (QED) is 0.267. The zero-order valence-electron chi connectivity index (χ0n) is 18.7. The van der Waals surface area contributed by atoms with Gasteiger partial charge in [-0.3, -0.25) is 10.1 Å². The van der Waals surface area contributed by atoms with Crippen LogP contribution < -0.4 is 4.74 Å². The van der Waals surface area contributed by atoms with Crippen molar-refractivity contribution in [3.63, 3.8) is 0 Å². The molecule has 0 spiro atoms. The Morgan fingerprint density at radius 3 is 2.38 bits per heavy atom. The molecule has 1 saturated carbocycles. The van der Waals surface area contributed by atoms with Crippen LogP contribution in [0, 0.1) is 16.0 Å². The normalized spacial score (nSPS) is 19.1. The van der Waals surface area contributed by atoms with E-state index in [9.17, 15) is 10.1 Å². The molecule has 1 aliphatic carbocycles. The number of hydrogen-bond donors (Lipinski definition) is 0. The van der Waals surface area contributed by atoms with Crippen LogP contribution >= 0.6 is 0 Å². The Bertz CT molecular complexity index is 846. The Labute approximate surface area is 190 Å². The van der Waals surface area contributed by atoms with Gasteiger partial charge in [-0.05, 0) is 49.7 Å². The lowest BCUT2D eigenvalue weighted by atomic mass is 9.93. The number of nitrogens with zero attached hydrogens (tertiary/aromatic N) is 2. The van der Waals surface area contributed by atoms with Gasteiger partial charge in [0, 0.05) is 25.7 Å². The van der Waals surface area contributed by atoms with Gasteiger partial charge in [0.2, 0.25) is 0 Å². The number of nitro benzene ring substituents is 1. The fourth-order valence-corrected chi connectivity index (χ4v) is 5.04. The topological polar surface area (TPSA) is 64.8 Å². The Morgan fingerprint density at radius 2 is 1.66 bits per heavy atom. The number of rotatable bonds is 10. The lowest BCUT2D eigenvalue weighted by Crippen LogP contribution is -2.38. The molecule has 1 heterocycles. The summed E-state index contributed by atoms with van der Waals surface area (Å²) in [5.41, 5.74) is 1.36. The van der Waals surface area contributed by atoms with Gasteiger partial charge in [-0.2, -0.15) is 0 Å². The monoisotopic (exact) mass is 438 g/mol. The molecule has 0 amide bonds. The summed E-state index contributed by atoms with van der Waals surface area (Å²) in [4.78, 5) is 13.1. The molecule has 2 aliphatic rings. The average Bonchev–Trinajstić information content (AvgIpc) is 3.36. The van der Waals surface area contributed by atoms with Gasteiger partial charge in [0.05, 0.1) is 23.7 Å². The van der Waals surface area contributed by atoms with Crippen LogP contribution in [0.4, 0.5) is 5.69 Å². The van der Waals surface area contributed by atoms with E-state index in [2.05, 4.69) is 35.2 Å². The molecule has 2 aromatic rings. The summed E-state index contributed by atoms with van der Waals surface area (Å²) in [5.74, 6) is 0.998. The van der Waals surface area contributed by atoms with E-state index in [0.29, 0.717) is 24.4 Å². The van der Waals surface area contributed by atoms with Crippen LogP contribution in [0.1, 0.15) is 56.6 Å². The molecule has 32 heavy (non-hydrogen) atoms. The number of piperidine rings is 1. The average molecular weight is 439 g/mol. The lowest BCUT2D eigenvalue weighted by molar-refractivity contribution is -0.385. The predicted octanol–water partition coefficient (Wildman–Crippen LogP) is 5.78. The van der Waals surface area contributed by atoms with E-state index in [4.69, 9.17) is 9.47 Å². The highest BCUT2D eigenvalue weighted by molar-refractivity contribution is 5.45. The van der Waals surface area contributed by atoms with Crippen molar-refractivity contribution in [2.75, 3.05) is 26.2 Å². The highest BCUT2D eigenvalue weighted by Crippen LogP contribution is 2.39. The van der Waals surface area contributed by atoms with Gasteiger partial charge < -0.3 is 14.4 Å². The van der Waals surface area contributed by atoms with E-state index in [1.165, 1.54) is 37.3 Å². The minimum atomic E-state index is -0.394. The minimum absolute atomic E-state index is 0.0284. The summed E-state index contributed by atoms with van der Waals surface area (Å²) in [6.45, 7) is 3.49. The maximum atomic E-state index is 11.1. The second-order valence-electron chi connectivity index (χ2n) is 8.98. The molecule has 2 fully saturated rings. The zero-order valence-corrected chi connectivity index (χ0v) is 18.7. The van der Waals surface area contributed by atoms with E-state index in [-0.39, 0.29) is 11.8 Å². The van der Waals surface area contributed by atoms with Crippen LogP contribution in [0.15, 0.2) is 54.6 Å². The minimum Gasteiger partial charge on any atom is -0.487 e. The standard InChI is InChI=1S/C26H34N2O4/c29-28(30)24-13-6-7-14-25(24)31-20-8-17-27-18-15-23(16-19-27)32-26(22-11-4-5-12-22)21-9-2-1-3-10-21/h1-3,6-7,9-10,13-14,22-23,26H,4-5,8,11-12,15-20H2.